The quantitative estimate of drug-likeness (QED) is 0.629. The van der Waals surface area contributed by atoms with Crippen LogP contribution in [0.1, 0.15) is 59.6 Å². The van der Waals surface area contributed by atoms with Gasteiger partial charge in [-0.3, -0.25) is 9.69 Å². The minimum atomic E-state index is -0.220. The van der Waals surface area contributed by atoms with Gasteiger partial charge in [0.1, 0.15) is 5.82 Å². The van der Waals surface area contributed by atoms with Crippen molar-refractivity contribution >= 4 is 5.91 Å². The number of amides is 1. The van der Waals surface area contributed by atoms with Crippen LogP contribution in [0.5, 0.6) is 0 Å². The molecule has 1 amide bonds. The third kappa shape index (κ3) is 5.22. The van der Waals surface area contributed by atoms with E-state index in [0.717, 1.165) is 50.7 Å². The van der Waals surface area contributed by atoms with Gasteiger partial charge in [0.2, 0.25) is 0 Å². The fourth-order valence-electron chi connectivity index (χ4n) is 4.21. The highest BCUT2D eigenvalue weighted by Gasteiger charge is 2.27. The van der Waals surface area contributed by atoms with E-state index in [4.69, 9.17) is 4.42 Å². The Kier molecular flexibility index (Phi) is 6.51. The summed E-state index contributed by atoms with van der Waals surface area (Å²) >= 11 is 0. The predicted molar refractivity (Wildman–Crippen MR) is 119 cm³/mol. The van der Waals surface area contributed by atoms with Gasteiger partial charge in [-0.05, 0) is 37.0 Å². The molecule has 31 heavy (non-hydrogen) atoms. The highest BCUT2D eigenvalue weighted by Crippen LogP contribution is 2.23. The van der Waals surface area contributed by atoms with E-state index in [1.807, 2.05) is 0 Å². The first kappa shape index (κ1) is 21.3. The summed E-state index contributed by atoms with van der Waals surface area (Å²) in [4.78, 5) is 15.1. The molecule has 0 saturated heterocycles. The lowest BCUT2D eigenvalue weighted by Crippen LogP contribution is -2.32. The van der Waals surface area contributed by atoms with Crippen molar-refractivity contribution in [3.8, 4) is 0 Å². The lowest BCUT2D eigenvalue weighted by molar-refractivity contribution is 0.0900. The lowest BCUT2D eigenvalue weighted by atomic mass is 10.0. The van der Waals surface area contributed by atoms with Crippen molar-refractivity contribution in [2.75, 3.05) is 13.1 Å². The number of nitrogens with zero attached hydrogens (tertiary/aromatic N) is 4. The minimum absolute atomic E-state index is 0.206. The number of nitrogens with one attached hydrogen (secondary N) is 1. The summed E-state index contributed by atoms with van der Waals surface area (Å²) in [6.07, 6.45) is 3.15. The van der Waals surface area contributed by atoms with Crippen LogP contribution in [0.4, 0.5) is 0 Å². The van der Waals surface area contributed by atoms with Crippen LogP contribution in [0.15, 0.2) is 47.1 Å². The first-order chi connectivity index (χ1) is 15.0. The van der Waals surface area contributed by atoms with Gasteiger partial charge in [-0.2, -0.15) is 0 Å². The molecule has 164 valence electrons. The molecule has 0 saturated carbocycles. The van der Waals surface area contributed by atoms with Crippen molar-refractivity contribution < 1.29 is 9.21 Å². The minimum Gasteiger partial charge on any atom is -0.459 e. The third-order valence-electron chi connectivity index (χ3n) is 5.71. The normalized spacial score (nSPS) is 15.5. The van der Waals surface area contributed by atoms with E-state index < -0.39 is 0 Å². The van der Waals surface area contributed by atoms with Crippen LogP contribution in [-0.4, -0.2) is 38.7 Å². The van der Waals surface area contributed by atoms with Gasteiger partial charge in [-0.25, -0.2) is 0 Å². The number of furan rings is 1. The molecule has 0 radical (unpaired) electrons. The Morgan fingerprint density at radius 1 is 1.16 bits per heavy atom. The van der Waals surface area contributed by atoms with Crippen LogP contribution < -0.4 is 5.32 Å². The third-order valence-corrected chi connectivity index (χ3v) is 5.71. The molecule has 7 nitrogen and oxygen atoms in total. The van der Waals surface area contributed by atoms with Crippen molar-refractivity contribution in [1.82, 2.24) is 25.0 Å². The second kappa shape index (κ2) is 9.47. The van der Waals surface area contributed by atoms with Gasteiger partial charge in [-0.15, -0.1) is 10.2 Å². The summed E-state index contributed by atoms with van der Waals surface area (Å²) in [5, 5.41) is 12.1. The first-order valence-electron chi connectivity index (χ1n) is 11.0. The predicted octanol–water partition coefficient (Wildman–Crippen LogP) is 3.76. The fraction of sp³-hybridized carbons (Fsp3) is 0.458. The van der Waals surface area contributed by atoms with E-state index >= 15 is 0 Å². The second-order valence-electron chi connectivity index (χ2n) is 8.77. The van der Waals surface area contributed by atoms with Crippen LogP contribution in [-0.2, 0) is 19.5 Å². The molecular formula is C24H31N5O2. The molecule has 0 spiro atoms. The highest BCUT2D eigenvalue weighted by molar-refractivity contribution is 5.91. The average molecular weight is 422 g/mol. The van der Waals surface area contributed by atoms with Crippen LogP contribution in [0.25, 0.3) is 0 Å². The van der Waals surface area contributed by atoms with Crippen molar-refractivity contribution in [3.05, 3.63) is 71.2 Å². The SMILES string of the molecule is Cc1cccc(CN2CCc3nnc(C(CC(C)C)NC(=O)c4ccco4)n3CC2)c1. The Morgan fingerprint density at radius 3 is 2.77 bits per heavy atom. The maximum absolute atomic E-state index is 12.6. The Bertz CT molecular complexity index is 1010. The number of aromatic nitrogens is 3. The smallest absolute Gasteiger partial charge is 0.287 e. The molecule has 2 aromatic heterocycles. The molecule has 1 unspecified atom stereocenters. The van der Waals surface area contributed by atoms with Crippen LogP contribution in [0.3, 0.4) is 0 Å². The number of carbonyl (C=O) groups is 1. The number of hydrogen-bond donors (Lipinski definition) is 1. The molecule has 3 heterocycles. The van der Waals surface area contributed by atoms with E-state index in [9.17, 15) is 4.79 Å². The standard InChI is InChI=1S/C24H31N5O2/c1-17(2)14-20(25-24(30)21-8-5-13-31-21)23-27-26-22-9-10-28(11-12-29(22)23)16-19-7-4-6-18(3)15-19/h4-8,13,15,17,20H,9-12,14,16H2,1-3H3,(H,25,30). The summed E-state index contributed by atoms with van der Waals surface area (Å²) in [6, 6.07) is 11.9. The van der Waals surface area contributed by atoms with E-state index in [2.05, 4.69) is 70.0 Å². The zero-order valence-electron chi connectivity index (χ0n) is 18.5. The van der Waals surface area contributed by atoms with Gasteiger partial charge >= 0.3 is 0 Å². The number of carbonyl (C=O) groups excluding carboxylic acids is 1. The number of benzene rings is 1. The number of rotatable bonds is 7. The maximum Gasteiger partial charge on any atom is 0.287 e. The van der Waals surface area contributed by atoms with E-state index in [0.29, 0.717) is 11.7 Å². The van der Waals surface area contributed by atoms with Gasteiger partial charge < -0.3 is 14.3 Å². The molecular weight excluding hydrogens is 390 g/mol. The summed E-state index contributed by atoms with van der Waals surface area (Å²) in [5.74, 6) is 2.32. The van der Waals surface area contributed by atoms with E-state index in [1.54, 1.807) is 12.1 Å². The molecule has 3 aromatic rings. The van der Waals surface area contributed by atoms with Gasteiger partial charge in [-0.1, -0.05) is 43.7 Å². The van der Waals surface area contributed by atoms with Gasteiger partial charge in [0.15, 0.2) is 11.6 Å². The van der Waals surface area contributed by atoms with Crippen LogP contribution >= 0.6 is 0 Å². The molecule has 1 atom stereocenters. The molecule has 1 aliphatic rings. The number of fused-ring (bicyclic) bond motifs is 1. The molecule has 0 bridgehead atoms. The molecule has 0 aliphatic carbocycles. The van der Waals surface area contributed by atoms with Crippen molar-refractivity contribution in [2.45, 2.75) is 52.7 Å². The zero-order valence-corrected chi connectivity index (χ0v) is 18.5. The van der Waals surface area contributed by atoms with Gasteiger partial charge in [0, 0.05) is 32.6 Å². The van der Waals surface area contributed by atoms with Crippen LogP contribution in [0.2, 0.25) is 0 Å². The van der Waals surface area contributed by atoms with Crippen molar-refractivity contribution in [2.24, 2.45) is 5.92 Å². The second-order valence-corrected chi connectivity index (χ2v) is 8.77. The average Bonchev–Trinajstić information content (AvgIpc) is 3.36. The molecule has 1 N–H and O–H groups in total. The first-order valence-corrected chi connectivity index (χ1v) is 11.0. The van der Waals surface area contributed by atoms with Crippen molar-refractivity contribution in [3.63, 3.8) is 0 Å². The maximum atomic E-state index is 12.6. The Balaban J connectivity index is 1.49. The fourth-order valence-corrected chi connectivity index (χ4v) is 4.21. The summed E-state index contributed by atoms with van der Waals surface area (Å²) < 4.78 is 7.47. The highest BCUT2D eigenvalue weighted by atomic mass is 16.3. The van der Waals surface area contributed by atoms with Crippen LogP contribution in [0, 0.1) is 12.8 Å². The molecule has 7 heteroatoms. The Hall–Kier alpha value is -2.93. The molecule has 4 rings (SSSR count). The number of hydrogen-bond acceptors (Lipinski definition) is 5. The molecule has 0 fully saturated rings. The summed E-state index contributed by atoms with van der Waals surface area (Å²) in [5.41, 5.74) is 2.62. The van der Waals surface area contributed by atoms with Gasteiger partial charge in [0.05, 0.1) is 12.3 Å². The van der Waals surface area contributed by atoms with E-state index in [-0.39, 0.29) is 11.9 Å². The molecule has 1 aliphatic heterocycles. The van der Waals surface area contributed by atoms with Gasteiger partial charge in [0.25, 0.3) is 5.91 Å². The molecule has 1 aromatic carbocycles. The topological polar surface area (TPSA) is 76.2 Å². The van der Waals surface area contributed by atoms with Crippen molar-refractivity contribution in [1.29, 1.82) is 0 Å². The summed E-state index contributed by atoms with van der Waals surface area (Å²) in [6.45, 7) is 10.0. The monoisotopic (exact) mass is 421 g/mol. The number of aryl methyl sites for hydroxylation is 1. The largest absolute Gasteiger partial charge is 0.459 e. The Morgan fingerprint density at radius 2 is 2.03 bits per heavy atom. The Labute approximate surface area is 183 Å². The lowest BCUT2D eigenvalue weighted by Gasteiger charge is -2.22. The zero-order chi connectivity index (χ0) is 21.8. The van der Waals surface area contributed by atoms with E-state index in [1.165, 1.54) is 17.4 Å². The summed E-state index contributed by atoms with van der Waals surface area (Å²) in [7, 11) is 0.